The minimum atomic E-state index is -0.869. The van der Waals surface area contributed by atoms with Gasteiger partial charge >= 0.3 is 0 Å². The van der Waals surface area contributed by atoms with Crippen LogP contribution in [0, 0.1) is 44.1 Å². The quantitative estimate of drug-likeness (QED) is 0.0413. The number of nitrogens with zero attached hydrogens (tertiary/aromatic N) is 10. The number of hydrogen-bond acceptors (Lipinski definition) is 17. The first-order chi connectivity index (χ1) is 48.4. The van der Waals surface area contributed by atoms with Crippen molar-refractivity contribution in [1.82, 2.24) is 58.6 Å². The van der Waals surface area contributed by atoms with Crippen LogP contribution >= 0.6 is 75.3 Å². The van der Waals surface area contributed by atoms with Gasteiger partial charge in [-0.3, -0.25) is 27.6 Å². The summed E-state index contributed by atoms with van der Waals surface area (Å²) in [5.74, 6) is -1.09. The lowest BCUT2D eigenvalue weighted by molar-refractivity contribution is 0.0924. The highest BCUT2D eigenvalue weighted by Gasteiger charge is 2.34. The Kier molecular flexibility index (Phi) is 29.8. The summed E-state index contributed by atoms with van der Waals surface area (Å²) in [5.41, 5.74) is 23.8. The lowest BCUT2D eigenvalue weighted by Gasteiger charge is -2.29. The number of likely N-dealkylation sites (tertiary alicyclic amines) is 1. The number of imidazole rings is 3. The molecule has 0 aliphatic carbocycles. The number of amides is 3. The smallest absolute Gasteiger partial charge is 0.262 e. The molecule has 11 rings (SSSR count). The van der Waals surface area contributed by atoms with Crippen LogP contribution < -0.4 is 52.1 Å². The molecule has 0 radical (unpaired) electrons. The molecule has 105 heavy (non-hydrogen) atoms. The predicted molar refractivity (Wildman–Crippen MR) is 423 cm³/mol. The van der Waals surface area contributed by atoms with Crippen LogP contribution in [-0.2, 0) is 0 Å². The number of methoxy groups -OCH3 is 1. The van der Waals surface area contributed by atoms with Crippen molar-refractivity contribution < 1.29 is 46.5 Å². The second kappa shape index (κ2) is 36.6. The van der Waals surface area contributed by atoms with Crippen molar-refractivity contribution in [2.45, 2.75) is 139 Å². The van der Waals surface area contributed by atoms with Crippen LogP contribution in [0.1, 0.15) is 182 Å². The minimum Gasteiger partial charge on any atom is -0.497 e. The van der Waals surface area contributed by atoms with Crippen LogP contribution in [0.2, 0.25) is 15.1 Å². The molecule has 1 saturated heterocycles. The van der Waals surface area contributed by atoms with Crippen molar-refractivity contribution in [3.8, 4) is 23.0 Å². The first-order valence-electron chi connectivity index (χ1n) is 33.4. The van der Waals surface area contributed by atoms with Gasteiger partial charge in [-0.2, -0.15) is 40.5 Å². The number of nitrogens with two attached hydrogens (primary N) is 3. The number of carbonyl (C=O) groups excluding carboxylic acids is 3. The van der Waals surface area contributed by atoms with E-state index >= 15 is 8.78 Å². The number of anilines is 4. The highest BCUT2D eigenvalue weighted by atomic mass is 35.5. The number of halogens is 6. The van der Waals surface area contributed by atoms with Crippen LogP contribution in [0.15, 0.2) is 79.6 Å². The molecule has 32 heteroatoms. The number of ether oxygens (including phenoxy) is 4. The van der Waals surface area contributed by atoms with E-state index in [1.807, 2.05) is 82.4 Å². The third-order valence-corrected chi connectivity index (χ3v) is 18.2. The maximum Gasteiger partial charge on any atom is 0.262 e. The van der Waals surface area contributed by atoms with E-state index in [-0.39, 0.29) is 120 Å². The fraction of sp³-hybridized carbons (Fsp3) is 0.384. The van der Waals surface area contributed by atoms with Crippen molar-refractivity contribution in [3.63, 3.8) is 0 Å². The zero-order chi connectivity index (χ0) is 74.5. The molecule has 0 bridgehead atoms. The Balaban J connectivity index is 0.000000245. The van der Waals surface area contributed by atoms with E-state index in [0.717, 1.165) is 31.6 Å². The highest BCUT2D eigenvalue weighted by molar-refractivity contribution is 7.59. The fourth-order valence-corrected chi connectivity index (χ4v) is 13.0. The molecule has 6 aromatic heterocycles. The summed E-state index contributed by atoms with van der Waals surface area (Å²) in [6.45, 7) is 26.6. The molecule has 566 valence electrons. The SMILES string of the molecule is CCNC(=O)c1c(F)c(Cl)cc([C@H](C)c2nc(C)c3c(N)nccn23)c1OC(C)C.COc1ccc(NC(=O)c2c(F)c(Cl)cc([C@H](C)c3nc(C)c4c(N)nccn34)c2OC(C)C)cc1.Cc1nc([C@@H](C)c2cc(Cl)c(F)c(C(=O)NCC3CCN(C)CC3)c2OC(C)C)n2ccnc(N)c12.S.S.S. The molecule has 23 nitrogen and oxygen atoms in total. The molecule has 1 aliphatic heterocycles. The molecule has 3 amide bonds. The summed E-state index contributed by atoms with van der Waals surface area (Å²) in [5, 5.41) is 7.77. The third-order valence-electron chi connectivity index (χ3n) is 17.3. The standard InChI is InChI=1S/C26H34ClFN6O2.C26H27ClFN5O3.C21H25ClFN5O2.3H2S/c1-14(2)36-23-18(15(3)25-32-16(4)22-24(29)30-8-11-34(22)25)12-19(27)21(28)20(23)26(35)31-13-17-6-9-33(5)10-7-17;1-13(2)36-23-18(14(3)25-31-15(4)22-24(29)30-10-11-33(22)25)12-19(27)21(28)20(23)26(34)32-16-6-8-17(35-5)9-7-16;1-6-25-21(29)15-16(23)14(22)9-13(18(15)30-10(2)3)11(4)20-27-12(5)17-19(24)26-7-8-28(17)20;;;/h8,11-12,14-15,17H,6-7,9-10,13H2,1-5H3,(H2,29,30)(H,31,35);6-14H,1-5H3,(H2,29,30)(H,32,34);7-11H,6H2,1-5H3,(H2,24,26)(H,25,29);3*1H2/t15-;14-;11-;;;/m000.../s1. The molecule has 0 saturated carbocycles. The second-order valence-corrected chi connectivity index (χ2v) is 27.0. The molecule has 0 unspecified atom stereocenters. The number of piperidine rings is 1. The van der Waals surface area contributed by atoms with E-state index in [9.17, 15) is 18.8 Å². The van der Waals surface area contributed by atoms with Gasteiger partial charge in [-0.15, -0.1) is 0 Å². The monoisotopic (exact) mass is 1560 g/mol. The number of fused-ring (bicyclic) bond motifs is 3. The zero-order valence-electron chi connectivity index (χ0n) is 61.1. The van der Waals surface area contributed by atoms with Crippen LogP contribution in [-0.4, -0.2) is 124 Å². The van der Waals surface area contributed by atoms with Crippen LogP contribution in [0.5, 0.6) is 23.0 Å². The average Bonchev–Trinajstić information content (AvgIpc) is 1.72. The first kappa shape index (κ1) is 85.3. The Morgan fingerprint density at radius 2 is 0.867 bits per heavy atom. The summed E-state index contributed by atoms with van der Waals surface area (Å²) in [6, 6.07) is 11.2. The van der Waals surface area contributed by atoms with Gasteiger partial charge in [-0.1, -0.05) is 55.6 Å². The number of aryl methyl sites for hydroxylation is 3. The van der Waals surface area contributed by atoms with E-state index in [0.29, 0.717) is 110 Å². The molecule has 1 aliphatic rings. The van der Waals surface area contributed by atoms with Crippen LogP contribution in [0.4, 0.5) is 36.3 Å². The van der Waals surface area contributed by atoms with Gasteiger partial charge in [-0.25, -0.2) is 43.1 Å². The van der Waals surface area contributed by atoms with E-state index in [2.05, 4.69) is 47.8 Å². The van der Waals surface area contributed by atoms with Gasteiger partial charge in [0.05, 0.1) is 57.6 Å². The number of carbonyl (C=O) groups is 3. The topological polar surface area (TPSA) is 296 Å². The van der Waals surface area contributed by atoms with E-state index < -0.39 is 41.1 Å². The van der Waals surface area contributed by atoms with Crippen LogP contribution in [0.3, 0.4) is 0 Å². The Hall–Kier alpha value is -8.58. The number of benzene rings is 4. The maximum atomic E-state index is 15.4. The van der Waals surface area contributed by atoms with Gasteiger partial charge < -0.3 is 57.0 Å². The Morgan fingerprint density at radius 1 is 0.543 bits per heavy atom. The van der Waals surface area contributed by atoms with Crippen LogP contribution in [0.25, 0.3) is 16.6 Å². The molecular weight excluding hydrogens is 1470 g/mol. The molecule has 7 heterocycles. The van der Waals surface area contributed by atoms with E-state index in [1.165, 1.54) is 18.2 Å². The van der Waals surface area contributed by atoms with Gasteiger partial charge in [0.2, 0.25) is 0 Å². The number of rotatable bonds is 20. The molecule has 9 N–H and O–H groups in total. The Labute approximate surface area is 644 Å². The molecule has 4 aromatic carbocycles. The Bertz CT molecular complexity index is 4770. The molecule has 0 spiro atoms. The Morgan fingerprint density at radius 3 is 1.18 bits per heavy atom. The van der Waals surface area contributed by atoms with Gasteiger partial charge in [0.25, 0.3) is 17.7 Å². The van der Waals surface area contributed by atoms with Gasteiger partial charge in [0.15, 0.2) is 17.5 Å². The summed E-state index contributed by atoms with van der Waals surface area (Å²) in [6.07, 6.45) is 11.1. The average molecular weight is 1570 g/mol. The van der Waals surface area contributed by atoms with Crippen molar-refractivity contribution in [2.75, 3.05) is 62.9 Å². The molecule has 3 atom stereocenters. The molecule has 10 aromatic rings. The van der Waals surface area contributed by atoms with Crippen molar-refractivity contribution >= 4 is 133 Å². The zero-order valence-corrected chi connectivity index (χ0v) is 66.4. The van der Waals surface area contributed by atoms with Crippen molar-refractivity contribution in [3.05, 3.63) is 180 Å². The van der Waals surface area contributed by atoms with Crippen molar-refractivity contribution in [1.29, 1.82) is 0 Å². The second-order valence-electron chi connectivity index (χ2n) is 25.8. The molecular formula is C73H92Cl3F3N16O7S3. The summed E-state index contributed by atoms with van der Waals surface area (Å²) < 4.78 is 74.5. The molecule has 1 fully saturated rings. The summed E-state index contributed by atoms with van der Waals surface area (Å²) >= 11 is 18.8. The van der Waals surface area contributed by atoms with Crippen molar-refractivity contribution in [2.24, 2.45) is 5.92 Å². The number of hydrogen-bond donors (Lipinski definition) is 6. The predicted octanol–water partition coefficient (Wildman–Crippen LogP) is 14.5. The third kappa shape index (κ3) is 18.6. The number of nitrogens with one attached hydrogen (secondary N) is 3. The van der Waals surface area contributed by atoms with E-state index in [1.54, 1.807) is 89.3 Å². The van der Waals surface area contributed by atoms with Gasteiger partial charge in [0, 0.05) is 90.4 Å². The highest BCUT2D eigenvalue weighted by Crippen LogP contribution is 2.44. The van der Waals surface area contributed by atoms with Gasteiger partial charge in [-0.05, 0) is 151 Å². The summed E-state index contributed by atoms with van der Waals surface area (Å²) in [4.78, 5) is 68.1. The fourth-order valence-electron chi connectivity index (χ4n) is 12.4. The number of nitrogen functional groups attached to an aromatic ring is 3. The summed E-state index contributed by atoms with van der Waals surface area (Å²) in [7, 11) is 3.63. The lowest BCUT2D eigenvalue weighted by atomic mass is 9.95. The van der Waals surface area contributed by atoms with Gasteiger partial charge in [0.1, 0.15) is 91.2 Å². The number of aromatic nitrogens is 9. The maximum absolute atomic E-state index is 15.4. The minimum absolute atomic E-state index is 0. The largest absolute Gasteiger partial charge is 0.497 e. The normalized spacial score (nSPS) is 13.2. The van der Waals surface area contributed by atoms with E-state index in [4.69, 9.17) is 80.9 Å². The first-order valence-corrected chi connectivity index (χ1v) is 34.5. The lowest BCUT2D eigenvalue weighted by Crippen LogP contribution is -2.37.